The topological polar surface area (TPSA) is 294 Å². The Morgan fingerprint density at radius 1 is 0.941 bits per heavy atom. The zero-order valence-corrected chi connectivity index (χ0v) is 49.6. The van der Waals surface area contributed by atoms with Gasteiger partial charge in [0.2, 0.25) is 22.9 Å². The van der Waals surface area contributed by atoms with Gasteiger partial charge in [0.05, 0.1) is 76.1 Å². The van der Waals surface area contributed by atoms with Gasteiger partial charge in [0.25, 0.3) is 11.7 Å². The number of nitrogens with one attached hydrogen (secondary N) is 2. The van der Waals surface area contributed by atoms with Gasteiger partial charge in [0.15, 0.2) is 0 Å². The number of aromatic hydroxyl groups is 1. The van der Waals surface area contributed by atoms with Crippen LogP contribution in [-0.4, -0.2) is 160 Å². The van der Waals surface area contributed by atoms with Crippen LogP contribution in [0.2, 0.25) is 5.02 Å². The zero-order chi connectivity index (χ0) is 61.7. The molecule has 85 heavy (non-hydrogen) atoms. The van der Waals surface area contributed by atoms with Gasteiger partial charge in [0.1, 0.15) is 46.1 Å². The van der Waals surface area contributed by atoms with Gasteiger partial charge in [-0.2, -0.15) is 0 Å². The third kappa shape index (κ3) is 12.0. The summed E-state index contributed by atoms with van der Waals surface area (Å²) in [5.41, 5.74) is -2.37. The number of rotatable bonds is 10. The fraction of sp³-hybridized carbons (Fsp3) is 0.508. The van der Waals surface area contributed by atoms with E-state index >= 15 is 14.0 Å². The molecule has 456 valence electrons. The van der Waals surface area contributed by atoms with E-state index in [1.807, 2.05) is 0 Å². The molecule has 10 rings (SSSR count). The maximum absolute atomic E-state index is 16.1. The highest BCUT2D eigenvalue weighted by Crippen LogP contribution is 2.50. The molecule has 0 spiro atoms. The minimum absolute atomic E-state index is 0.00494. The van der Waals surface area contributed by atoms with E-state index < -0.39 is 129 Å². The van der Waals surface area contributed by atoms with Crippen LogP contribution in [0.4, 0.5) is 10.1 Å². The smallest absolute Gasteiger partial charge is 0.341 e. The Hall–Kier alpha value is -7.44. The number of aliphatic hydroxyl groups excluding tert-OH is 2. The highest BCUT2D eigenvalue weighted by molar-refractivity contribution is 6.38. The number of ketones is 2. The molecular formula is C61H72ClFN6O16. The number of carboxylic acids is 1. The third-order valence-electron chi connectivity index (χ3n) is 17.1. The van der Waals surface area contributed by atoms with Gasteiger partial charge >= 0.3 is 11.9 Å². The van der Waals surface area contributed by atoms with Gasteiger partial charge in [-0.1, -0.05) is 57.5 Å². The molecule has 2 saturated heterocycles. The standard InChI is InChI=1S/C61H72ClFN6O16/c1-28-11-10-12-29(2)59(78)66-46-49(67-20-23-82-24-21-67)55(77)42-43(54(46)76)52(74)33(6)57-44(42)58(61(8,85-57)83-22-17-40(81-9)30(3)56(84-34(7)70)32(5)51(73)31(4)50(28)72)64-18-15-41(71)65-35-16-19-68(26-35)48-39(63)25-37-47(45(48)62)69(36-13-14-36)27-38(53(37)75)60(79)80/h10-12,17,22,25,27-28,30-32,35-36,40,50-51,56,72-74H,13-16,18-21,23-24,26H2,1-9H3,(H,65,71)(H,66,78)(H,79,80)/b11-10+,22-17+,29-12-,64-58-/t28-,30+,31+,32+,35?,40-,50-,51+,56+,61-/m0/s1. The Kier molecular flexibility index (Phi) is 18.2. The molecular weight excluding hydrogens is 1130 g/mol. The minimum Gasteiger partial charge on any atom is -0.507 e. The minimum atomic E-state index is -1.97. The van der Waals surface area contributed by atoms with E-state index in [2.05, 4.69) is 10.6 Å². The van der Waals surface area contributed by atoms with Crippen LogP contribution < -0.4 is 25.7 Å². The number of aliphatic imine (C=N–C) groups is 1. The summed E-state index contributed by atoms with van der Waals surface area (Å²) in [7, 11) is 1.43. The lowest BCUT2D eigenvalue weighted by molar-refractivity contribution is -0.160. The first-order valence-corrected chi connectivity index (χ1v) is 28.9. The third-order valence-corrected chi connectivity index (χ3v) is 17.5. The van der Waals surface area contributed by atoms with Crippen LogP contribution in [0.1, 0.15) is 122 Å². The van der Waals surface area contributed by atoms with Crippen LogP contribution in [-0.2, 0) is 33.3 Å². The van der Waals surface area contributed by atoms with Crippen molar-refractivity contribution in [3.8, 4) is 11.5 Å². The highest BCUT2D eigenvalue weighted by atomic mass is 35.5. The number of hydrogen-bond acceptors (Lipinski definition) is 18. The van der Waals surface area contributed by atoms with Crippen molar-refractivity contribution >= 4 is 69.2 Å². The van der Waals surface area contributed by atoms with Gasteiger partial charge in [0, 0.05) is 113 Å². The molecule has 1 saturated carbocycles. The van der Waals surface area contributed by atoms with Crippen molar-refractivity contribution in [3.63, 3.8) is 0 Å². The van der Waals surface area contributed by atoms with Crippen LogP contribution in [0.15, 0.2) is 69.6 Å². The summed E-state index contributed by atoms with van der Waals surface area (Å²) < 4.78 is 48.2. The Bertz CT molecular complexity index is 3470. The van der Waals surface area contributed by atoms with Crippen molar-refractivity contribution in [2.45, 2.75) is 123 Å². The normalized spacial score (nSPS) is 29.5. The number of allylic oxidation sites excluding steroid dienone is 4. The van der Waals surface area contributed by atoms with Crippen LogP contribution in [0.25, 0.3) is 10.9 Å². The second-order valence-corrected chi connectivity index (χ2v) is 23.4. The molecule has 6 N–H and O–H groups in total. The second kappa shape index (κ2) is 24.9. The van der Waals surface area contributed by atoms with Crippen molar-refractivity contribution in [2.75, 3.05) is 57.9 Å². The number of esters is 1. The summed E-state index contributed by atoms with van der Waals surface area (Å²) in [4.78, 5) is 105. The van der Waals surface area contributed by atoms with Crippen molar-refractivity contribution < 1.29 is 77.3 Å². The number of amides is 2. The number of carbonyl (C=O) groups is 6. The number of methoxy groups -OCH3 is 1. The number of fused-ring (bicyclic) bond motifs is 15. The number of hydrogen-bond donors (Lipinski definition) is 6. The molecule has 3 aromatic rings. The first-order chi connectivity index (χ1) is 40.3. The van der Waals surface area contributed by atoms with Crippen LogP contribution in [0.5, 0.6) is 11.5 Å². The first-order valence-electron chi connectivity index (χ1n) is 28.5. The number of anilines is 1. The SMILES string of the molecule is CO[C@H]1/C=C/O[C@@]2(C)Oc3c(C)c(O)c4c(c3/C2=N/CCC(=O)NC2CCN(c3c(F)cc5c(=O)c(C(=O)O)cn(C6CC6)c5c3Cl)C2)C(=O)C(N2CCOCC2)=C(NC(=O)/C(C)=C\C=C\[C@H](C)[C@H](O)[C@@H](C)[C@@H](O)[C@@H](C)[C@H](OC(C)=O)[C@@H]1C)C4=O. The molecule has 0 radical (unpaired) electrons. The number of aromatic nitrogens is 1. The van der Waals surface area contributed by atoms with Crippen LogP contribution in [0, 0.1) is 36.4 Å². The lowest BCUT2D eigenvalue weighted by Crippen LogP contribution is -2.46. The molecule has 2 aliphatic carbocycles. The predicted molar refractivity (Wildman–Crippen MR) is 309 cm³/mol. The molecule has 22 nitrogen and oxygen atoms in total. The monoisotopic (exact) mass is 1200 g/mol. The molecule has 2 aromatic carbocycles. The lowest BCUT2D eigenvalue weighted by Gasteiger charge is -2.38. The molecule has 7 aliphatic rings. The van der Waals surface area contributed by atoms with Crippen LogP contribution >= 0.6 is 11.6 Å². The Balaban J connectivity index is 1.08. The van der Waals surface area contributed by atoms with Gasteiger partial charge in [-0.3, -0.25) is 33.8 Å². The molecule has 1 unspecified atom stereocenters. The number of carbonyl (C=O) groups excluding carboxylic acids is 5. The number of halogens is 2. The van der Waals surface area contributed by atoms with Crippen molar-refractivity contribution in [3.05, 3.63) is 109 Å². The molecule has 1 aromatic heterocycles. The number of phenolic OH excluding ortho intramolecular Hbond substituents is 1. The van der Waals surface area contributed by atoms with E-state index in [4.69, 9.17) is 40.3 Å². The number of nitrogens with zero attached hydrogens (tertiary/aromatic N) is 4. The maximum atomic E-state index is 16.1. The largest absolute Gasteiger partial charge is 0.507 e. The van der Waals surface area contributed by atoms with Crippen molar-refractivity contribution in [2.24, 2.45) is 28.7 Å². The number of aromatic carboxylic acids is 1. The highest BCUT2D eigenvalue weighted by Gasteiger charge is 2.52. The number of phenols is 1. The summed E-state index contributed by atoms with van der Waals surface area (Å²) in [6, 6.07) is 0.371. The van der Waals surface area contributed by atoms with Crippen molar-refractivity contribution in [1.82, 2.24) is 20.1 Å². The summed E-state index contributed by atoms with van der Waals surface area (Å²) in [6.07, 6.45) is 6.07. The van der Waals surface area contributed by atoms with Gasteiger partial charge in [-0.25, -0.2) is 9.18 Å². The Morgan fingerprint density at radius 2 is 1.65 bits per heavy atom. The zero-order valence-electron chi connectivity index (χ0n) is 48.8. The summed E-state index contributed by atoms with van der Waals surface area (Å²) >= 11 is 6.93. The number of Topliss-reactive ketones (excluding diaryl/α,β-unsaturated/α-hetero) is 2. The summed E-state index contributed by atoms with van der Waals surface area (Å²) in [5.74, 6) is -11.2. The maximum Gasteiger partial charge on any atom is 0.341 e. The van der Waals surface area contributed by atoms with E-state index in [0.717, 1.165) is 18.9 Å². The second-order valence-electron chi connectivity index (χ2n) is 23.0. The fourth-order valence-corrected chi connectivity index (χ4v) is 12.6. The number of morpholine rings is 1. The Morgan fingerprint density at radius 3 is 2.31 bits per heavy atom. The Labute approximate surface area is 494 Å². The van der Waals surface area contributed by atoms with Gasteiger partial charge in [-0.15, -0.1) is 0 Å². The number of pyridine rings is 1. The lowest BCUT2D eigenvalue weighted by atomic mass is 9.78. The van der Waals surface area contributed by atoms with Crippen LogP contribution in [0.3, 0.4) is 0 Å². The average Bonchev–Trinajstić information content (AvgIpc) is 1.71. The number of carboxylic acid groups (broad SMARTS) is 1. The van der Waals surface area contributed by atoms with Gasteiger partial charge < -0.3 is 69.1 Å². The predicted octanol–water partition coefficient (Wildman–Crippen LogP) is 5.82. The number of aliphatic hydroxyl groups is 2. The number of ether oxygens (including phenoxy) is 5. The quantitative estimate of drug-likeness (QED) is 0.130. The molecule has 10 atom stereocenters. The van der Waals surface area contributed by atoms with E-state index in [9.17, 15) is 44.4 Å². The fourth-order valence-electron chi connectivity index (χ4n) is 12.2. The molecule has 5 bridgehead atoms. The molecule has 3 fully saturated rings. The van der Waals surface area contributed by atoms with E-state index in [1.54, 1.807) is 54.2 Å². The van der Waals surface area contributed by atoms with E-state index in [1.165, 1.54) is 59.4 Å². The summed E-state index contributed by atoms with van der Waals surface area (Å²) in [5, 5.41) is 50.5. The average molecular weight is 1200 g/mol. The molecule has 5 aliphatic heterocycles. The molecule has 6 heterocycles. The van der Waals surface area contributed by atoms with Crippen molar-refractivity contribution in [1.29, 1.82) is 0 Å². The summed E-state index contributed by atoms with van der Waals surface area (Å²) in [6.45, 7) is 13.3. The van der Waals surface area contributed by atoms with E-state index in [0.29, 0.717) is 6.42 Å². The first kappa shape index (κ1) is 62.1. The number of benzene rings is 2. The van der Waals surface area contributed by atoms with E-state index in [-0.39, 0.29) is 119 Å². The molecule has 2 amide bonds. The van der Waals surface area contributed by atoms with Gasteiger partial charge in [-0.05, 0) is 45.3 Å². The molecule has 24 heteroatoms.